The number of aryl methyl sites for hydroxylation is 1. The average Bonchev–Trinajstić information content (AvgIpc) is 3.41. The van der Waals surface area contributed by atoms with Crippen LogP contribution in [0.4, 0.5) is 5.69 Å². The fraction of sp³-hybridized carbons (Fsp3) is 0.583. The van der Waals surface area contributed by atoms with Gasteiger partial charge in [-0.3, -0.25) is 19.4 Å². The number of amides is 2. The summed E-state index contributed by atoms with van der Waals surface area (Å²) in [5, 5.41) is 0. The lowest BCUT2D eigenvalue weighted by Gasteiger charge is -2.36. The number of fused-ring (bicyclic) bond motifs is 5. The summed E-state index contributed by atoms with van der Waals surface area (Å²) in [6.45, 7) is 8.08. The number of benzene rings is 1. The van der Waals surface area contributed by atoms with Gasteiger partial charge in [-0.2, -0.15) is 0 Å². The summed E-state index contributed by atoms with van der Waals surface area (Å²) in [7, 11) is 0. The Morgan fingerprint density at radius 2 is 1.53 bits per heavy atom. The van der Waals surface area contributed by atoms with E-state index in [0.717, 1.165) is 52.0 Å². The fourth-order valence-corrected chi connectivity index (χ4v) is 5.84. The van der Waals surface area contributed by atoms with Gasteiger partial charge >= 0.3 is 0 Å². The molecule has 0 aromatic heterocycles. The Morgan fingerprint density at radius 1 is 0.900 bits per heavy atom. The monoisotopic (exact) mass is 429 g/mol. The molecule has 4 atom stereocenters. The van der Waals surface area contributed by atoms with Crippen molar-refractivity contribution in [2.45, 2.75) is 26.2 Å². The highest BCUT2D eigenvalue weighted by molar-refractivity contribution is 6.06. The second kappa shape index (κ2) is 8.72. The number of likely N-dealkylation sites (tertiary alicyclic amines) is 1. The summed E-state index contributed by atoms with van der Waals surface area (Å²) in [5.41, 5.74) is 2.63. The van der Waals surface area contributed by atoms with Gasteiger partial charge in [-0.15, -0.1) is 12.4 Å². The van der Waals surface area contributed by atoms with E-state index in [2.05, 4.69) is 53.1 Å². The Labute approximate surface area is 185 Å². The van der Waals surface area contributed by atoms with Crippen molar-refractivity contribution in [2.24, 2.45) is 23.7 Å². The lowest BCUT2D eigenvalue weighted by atomic mass is 9.85. The van der Waals surface area contributed by atoms with Crippen LogP contribution >= 0.6 is 12.4 Å². The van der Waals surface area contributed by atoms with Crippen molar-refractivity contribution >= 4 is 29.9 Å². The number of piperazine rings is 1. The number of unbranched alkanes of at least 4 members (excludes halogenated alkanes) is 1. The molecule has 1 aromatic carbocycles. The van der Waals surface area contributed by atoms with Crippen molar-refractivity contribution in [3.05, 3.63) is 42.0 Å². The zero-order valence-corrected chi connectivity index (χ0v) is 18.5. The number of nitrogens with zero attached hydrogens (tertiary/aromatic N) is 3. The molecule has 1 aromatic rings. The molecule has 2 bridgehead atoms. The van der Waals surface area contributed by atoms with E-state index in [-0.39, 0.29) is 36.1 Å². The van der Waals surface area contributed by atoms with Crippen molar-refractivity contribution in [2.75, 3.05) is 44.2 Å². The molecular formula is C24H32ClN3O2. The van der Waals surface area contributed by atoms with Gasteiger partial charge in [0.1, 0.15) is 0 Å². The fourth-order valence-electron chi connectivity index (χ4n) is 5.84. The standard InChI is InChI=1S/C24H31N3O2.ClH/c1-17-5-4-6-20(15-17)26-13-11-25(12-14-26)9-2-3-10-27-23(28)21-18-7-8-19(16-18)22(21)24(27)29;/h4-8,15,18-19,21-22H,2-3,9-14,16H2,1H3;1H/t18-,19+,21-,22+;. The lowest BCUT2D eigenvalue weighted by Crippen LogP contribution is -2.46. The zero-order chi connectivity index (χ0) is 20.0. The predicted octanol–water partition coefficient (Wildman–Crippen LogP) is 3.13. The van der Waals surface area contributed by atoms with E-state index in [4.69, 9.17) is 0 Å². The molecule has 3 fully saturated rings. The lowest BCUT2D eigenvalue weighted by molar-refractivity contribution is -0.140. The smallest absolute Gasteiger partial charge is 0.233 e. The summed E-state index contributed by atoms with van der Waals surface area (Å²) in [5.74, 6) is 0.735. The van der Waals surface area contributed by atoms with Crippen LogP contribution in [0, 0.1) is 30.6 Å². The molecule has 0 spiro atoms. The maximum Gasteiger partial charge on any atom is 0.233 e. The van der Waals surface area contributed by atoms with Gasteiger partial charge in [0, 0.05) is 38.4 Å². The molecule has 2 aliphatic carbocycles. The van der Waals surface area contributed by atoms with Crippen LogP contribution in [0.5, 0.6) is 0 Å². The van der Waals surface area contributed by atoms with Crippen molar-refractivity contribution in [3.63, 3.8) is 0 Å². The molecule has 2 aliphatic heterocycles. The van der Waals surface area contributed by atoms with E-state index in [1.54, 1.807) is 4.90 Å². The Kier molecular flexibility index (Phi) is 6.21. The van der Waals surface area contributed by atoms with Crippen LogP contribution in [0.2, 0.25) is 0 Å². The molecule has 0 unspecified atom stereocenters. The first-order valence-corrected chi connectivity index (χ1v) is 11.2. The van der Waals surface area contributed by atoms with Crippen molar-refractivity contribution in [1.82, 2.24) is 9.80 Å². The molecule has 2 heterocycles. The molecule has 30 heavy (non-hydrogen) atoms. The Bertz CT molecular complexity index is 803. The summed E-state index contributed by atoms with van der Waals surface area (Å²) in [6, 6.07) is 8.73. The topological polar surface area (TPSA) is 43.9 Å². The minimum atomic E-state index is -0.0489. The van der Waals surface area contributed by atoms with Gasteiger partial charge in [-0.1, -0.05) is 24.3 Å². The summed E-state index contributed by atoms with van der Waals surface area (Å²) in [6.07, 6.45) is 7.29. The highest BCUT2D eigenvalue weighted by atomic mass is 35.5. The minimum absolute atomic E-state index is 0. The maximum atomic E-state index is 12.7. The average molecular weight is 430 g/mol. The van der Waals surface area contributed by atoms with Gasteiger partial charge < -0.3 is 4.90 Å². The van der Waals surface area contributed by atoms with E-state index in [1.807, 2.05) is 0 Å². The maximum absolute atomic E-state index is 12.7. The van der Waals surface area contributed by atoms with Gasteiger partial charge in [0.15, 0.2) is 0 Å². The van der Waals surface area contributed by atoms with Gasteiger partial charge in [0.25, 0.3) is 0 Å². The molecule has 6 heteroatoms. The van der Waals surface area contributed by atoms with Gasteiger partial charge in [-0.05, 0) is 62.3 Å². The van der Waals surface area contributed by atoms with Crippen molar-refractivity contribution in [3.8, 4) is 0 Å². The number of imide groups is 1. The molecule has 5 rings (SSSR count). The molecule has 4 aliphatic rings. The van der Waals surface area contributed by atoms with Crippen LogP contribution < -0.4 is 4.90 Å². The Balaban J connectivity index is 0.00000218. The predicted molar refractivity (Wildman–Crippen MR) is 121 cm³/mol. The molecule has 5 nitrogen and oxygen atoms in total. The molecule has 0 N–H and O–H groups in total. The van der Waals surface area contributed by atoms with Gasteiger partial charge in [0.2, 0.25) is 11.8 Å². The zero-order valence-electron chi connectivity index (χ0n) is 17.7. The third kappa shape index (κ3) is 3.78. The van der Waals surface area contributed by atoms with Crippen LogP contribution in [0.3, 0.4) is 0 Å². The number of carbonyl (C=O) groups is 2. The minimum Gasteiger partial charge on any atom is -0.369 e. The summed E-state index contributed by atoms with van der Waals surface area (Å²) < 4.78 is 0. The molecular weight excluding hydrogens is 398 g/mol. The van der Waals surface area contributed by atoms with E-state index < -0.39 is 0 Å². The quantitative estimate of drug-likeness (QED) is 0.396. The number of hydrogen-bond donors (Lipinski definition) is 0. The molecule has 2 saturated heterocycles. The van der Waals surface area contributed by atoms with E-state index in [1.165, 1.54) is 11.3 Å². The summed E-state index contributed by atoms with van der Waals surface area (Å²) in [4.78, 5) is 32.0. The molecule has 0 radical (unpaired) electrons. The van der Waals surface area contributed by atoms with Crippen LogP contribution in [0.1, 0.15) is 24.8 Å². The molecule has 2 amide bonds. The van der Waals surface area contributed by atoms with E-state index >= 15 is 0 Å². The number of allylic oxidation sites excluding steroid dienone is 2. The molecule has 162 valence electrons. The number of hydrogen-bond acceptors (Lipinski definition) is 4. The van der Waals surface area contributed by atoms with Gasteiger partial charge in [-0.25, -0.2) is 0 Å². The van der Waals surface area contributed by atoms with Crippen LogP contribution in [-0.2, 0) is 9.59 Å². The van der Waals surface area contributed by atoms with Crippen molar-refractivity contribution < 1.29 is 9.59 Å². The third-order valence-corrected chi connectivity index (χ3v) is 7.41. The van der Waals surface area contributed by atoms with Crippen LogP contribution in [0.15, 0.2) is 36.4 Å². The number of halogens is 1. The third-order valence-electron chi connectivity index (χ3n) is 7.41. The highest BCUT2D eigenvalue weighted by Gasteiger charge is 2.58. The summed E-state index contributed by atoms with van der Waals surface area (Å²) >= 11 is 0. The first-order chi connectivity index (χ1) is 14.1. The largest absolute Gasteiger partial charge is 0.369 e. The van der Waals surface area contributed by atoms with E-state index in [9.17, 15) is 9.59 Å². The Hall–Kier alpha value is -1.85. The Morgan fingerprint density at radius 3 is 2.17 bits per heavy atom. The number of rotatable bonds is 6. The SMILES string of the molecule is Cc1cccc(N2CCN(CCCCN3C(=O)[C@@H]4[C@H](C3=O)[C@@H]3C=C[C@H]4C3)CC2)c1.Cl. The first-order valence-electron chi connectivity index (χ1n) is 11.2. The second-order valence-corrected chi connectivity index (χ2v) is 9.20. The normalized spacial score (nSPS) is 30.2. The highest BCUT2D eigenvalue weighted by Crippen LogP contribution is 2.52. The first kappa shape index (κ1) is 21.4. The molecule has 1 saturated carbocycles. The van der Waals surface area contributed by atoms with Crippen LogP contribution in [0.25, 0.3) is 0 Å². The van der Waals surface area contributed by atoms with Crippen molar-refractivity contribution in [1.29, 1.82) is 0 Å². The van der Waals surface area contributed by atoms with Gasteiger partial charge in [0.05, 0.1) is 11.8 Å². The second-order valence-electron chi connectivity index (χ2n) is 9.20. The van der Waals surface area contributed by atoms with E-state index in [0.29, 0.717) is 18.4 Å². The number of carbonyl (C=O) groups excluding carboxylic acids is 2. The van der Waals surface area contributed by atoms with Crippen LogP contribution in [-0.4, -0.2) is 60.9 Å². The number of anilines is 1.